The fourth-order valence-corrected chi connectivity index (χ4v) is 2.72. The Bertz CT molecular complexity index is 658. The molecule has 0 aliphatic heterocycles. The molecule has 0 radical (unpaired) electrons. The minimum Gasteiger partial charge on any atom is -0.490 e. The third kappa shape index (κ3) is 5.42. The Labute approximate surface area is 151 Å². The summed E-state index contributed by atoms with van der Waals surface area (Å²) in [6.45, 7) is 6.56. The molecule has 0 saturated carbocycles. The van der Waals surface area contributed by atoms with Crippen molar-refractivity contribution < 1.29 is 9.47 Å². The molecule has 5 heteroatoms. The van der Waals surface area contributed by atoms with Gasteiger partial charge in [0.15, 0.2) is 11.5 Å². The molecule has 4 nitrogen and oxygen atoms in total. The van der Waals surface area contributed by atoms with Gasteiger partial charge in [0.25, 0.3) is 0 Å². The maximum absolute atomic E-state index is 5.86. The first kappa shape index (κ1) is 17.6. The zero-order valence-corrected chi connectivity index (χ0v) is 15.7. The van der Waals surface area contributed by atoms with Crippen molar-refractivity contribution in [1.82, 2.24) is 0 Å². The van der Waals surface area contributed by atoms with Crippen LogP contribution in [0.2, 0.25) is 0 Å². The summed E-state index contributed by atoms with van der Waals surface area (Å²) in [4.78, 5) is 0. The van der Waals surface area contributed by atoms with Gasteiger partial charge in [-0.05, 0) is 73.2 Å². The summed E-state index contributed by atoms with van der Waals surface area (Å²) in [5, 5.41) is 4.27. The molecule has 0 atom stereocenters. The smallest absolute Gasteiger partial charge is 0.174 e. The number of hydrogen-bond acceptors (Lipinski definition) is 4. The maximum Gasteiger partial charge on any atom is 0.174 e. The lowest BCUT2D eigenvalue weighted by Crippen LogP contribution is -2.09. The van der Waals surface area contributed by atoms with Crippen LogP contribution in [0.5, 0.6) is 11.5 Å². The van der Waals surface area contributed by atoms with Crippen LogP contribution in [-0.4, -0.2) is 18.9 Å². The van der Waals surface area contributed by atoms with E-state index in [0.29, 0.717) is 6.61 Å². The molecule has 0 aliphatic carbocycles. The van der Waals surface area contributed by atoms with Crippen molar-refractivity contribution in [3.8, 4) is 11.5 Å². The number of ether oxygens (including phenoxy) is 2. The largest absolute Gasteiger partial charge is 0.490 e. The molecule has 0 saturated heterocycles. The number of nitrogens with zero attached hydrogens (tertiary/aromatic N) is 1. The van der Waals surface area contributed by atoms with Gasteiger partial charge in [0.05, 0.1) is 28.2 Å². The van der Waals surface area contributed by atoms with E-state index in [2.05, 4.69) is 33.1 Å². The summed E-state index contributed by atoms with van der Waals surface area (Å²) in [6.07, 6.45) is 1.87. The molecule has 2 aromatic carbocycles. The van der Waals surface area contributed by atoms with Crippen molar-refractivity contribution in [2.24, 2.45) is 5.10 Å². The average Bonchev–Trinajstić information content (AvgIpc) is 2.52. The van der Waals surface area contributed by atoms with Crippen molar-refractivity contribution in [3.05, 3.63) is 51.6 Å². The summed E-state index contributed by atoms with van der Waals surface area (Å²) >= 11 is 2.26. The van der Waals surface area contributed by atoms with Crippen LogP contribution in [0.15, 0.2) is 47.6 Å². The van der Waals surface area contributed by atoms with Crippen molar-refractivity contribution in [1.29, 1.82) is 0 Å². The predicted molar refractivity (Wildman–Crippen MR) is 104 cm³/mol. The molecule has 0 unspecified atom stereocenters. The van der Waals surface area contributed by atoms with Crippen LogP contribution in [-0.2, 0) is 0 Å². The highest BCUT2D eigenvalue weighted by atomic mass is 127. The minimum atomic E-state index is 0.0991. The lowest BCUT2D eigenvalue weighted by Gasteiger charge is -2.16. The monoisotopic (exact) mass is 424 g/mol. The topological polar surface area (TPSA) is 42.8 Å². The number of para-hydroxylation sites is 1. The fraction of sp³-hybridized carbons (Fsp3) is 0.278. The quantitative estimate of drug-likeness (QED) is 0.390. The summed E-state index contributed by atoms with van der Waals surface area (Å²) in [6, 6.07) is 13.8. The van der Waals surface area contributed by atoms with Crippen LogP contribution in [0.4, 0.5) is 5.69 Å². The highest BCUT2D eigenvalue weighted by molar-refractivity contribution is 14.1. The number of benzene rings is 2. The molecule has 0 fully saturated rings. The molecule has 1 N–H and O–H groups in total. The van der Waals surface area contributed by atoms with E-state index in [1.165, 1.54) is 0 Å². The van der Waals surface area contributed by atoms with Crippen molar-refractivity contribution in [2.45, 2.75) is 26.9 Å². The zero-order chi connectivity index (χ0) is 16.7. The molecule has 23 heavy (non-hydrogen) atoms. The van der Waals surface area contributed by atoms with Gasteiger partial charge < -0.3 is 9.47 Å². The Balaban J connectivity index is 2.19. The van der Waals surface area contributed by atoms with Gasteiger partial charge in [-0.15, -0.1) is 0 Å². The second kappa shape index (κ2) is 8.76. The number of nitrogens with one attached hydrogen (secondary N) is 1. The van der Waals surface area contributed by atoms with Gasteiger partial charge >= 0.3 is 0 Å². The minimum absolute atomic E-state index is 0.0991. The fourth-order valence-electron chi connectivity index (χ4n) is 1.97. The summed E-state index contributed by atoms with van der Waals surface area (Å²) in [7, 11) is 0. The molecule has 2 aromatic rings. The first-order valence-corrected chi connectivity index (χ1v) is 8.65. The molecule has 0 aliphatic rings. The van der Waals surface area contributed by atoms with Gasteiger partial charge in [0.1, 0.15) is 0 Å². The van der Waals surface area contributed by atoms with E-state index < -0.39 is 0 Å². The van der Waals surface area contributed by atoms with Crippen LogP contribution in [0, 0.1) is 3.57 Å². The molecular weight excluding hydrogens is 403 g/mol. The van der Waals surface area contributed by atoms with E-state index >= 15 is 0 Å². The Kier molecular flexibility index (Phi) is 6.70. The number of halogens is 1. The van der Waals surface area contributed by atoms with E-state index in [1.807, 2.05) is 63.2 Å². The second-order valence-electron chi connectivity index (χ2n) is 5.17. The van der Waals surface area contributed by atoms with Crippen LogP contribution >= 0.6 is 22.6 Å². The van der Waals surface area contributed by atoms with Crippen LogP contribution in [0.1, 0.15) is 26.3 Å². The van der Waals surface area contributed by atoms with E-state index in [9.17, 15) is 0 Å². The normalized spacial score (nSPS) is 11.0. The third-order valence-electron chi connectivity index (χ3n) is 2.87. The first-order valence-electron chi connectivity index (χ1n) is 7.57. The Hall–Kier alpha value is -1.76. The molecule has 0 spiro atoms. The van der Waals surface area contributed by atoms with E-state index in [-0.39, 0.29) is 6.10 Å². The van der Waals surface area contributed by atoms with Gasteiger partial charge in [0.2, 0.25) is 0 Å². The van der Waals surface area contributed by atoms with E-state index in [0.717, 1.165) is 26.3 Å². The summed E-state index contributed by atoms with van der Waals surface area (Å²) in [5.74, 6) is 1.53. The van der Waals surface area contributed by atoms with Gasteiger partial charge in [-0.3, -0.25) is 5.43 Å². The second-order valence-corrected chi connectivity index (χ2v) is 6.33. The first-order chi connectivity index (χ1) is 11.1. The van der Waals surface area contributed by atoms with Crippen LogP contribution < -0.4 is 14.9 Å². The van der Waals surface area contributed by atoms with Crippen molar-refractivity contribution in [2.75, 3.05) is 12.0 Å². The molecule has 0 aromatic heterocycles. The summed E-state index contributed by atoms with van der Waals surface area (Å²) in [5.41, 5.74) is 4.91. The van der Waals surface area contributed by atoms with Crippen LogP contribution in [0.3, 0.4) is 0 Å². The zero-order valence-electron chi connectivity index (χ0n) is 13.5. The molecule has 0 heterocycles. The SMILES string of the molecule is CCOc1cc(C=NNc2ccccc2)cc(I)c1OC(C)C. The lowest BCUT2D eigenvalue weighted by molar-refractivity contribution is 0.222. The van der Waals surface area contributed by atoms with Crippen LogP contribution in [0.25, 0.3) is 0 Å². The molecule has 0 amide bonds. The lowest BCUT2D eigenvalue weighted by atomic mass is 10.2. The molecule has 2 rings (SSSR count). The van der Waals surface area contributed by atoms with Crippen molar-refractivity contribution in [3.63, 3.8) is 0 Å². The Morgan fingerprint density at radius 3 is 2.61 bits per heavy atom. The number of anilines is 1. The predicted octanol–water partition coefficient (Wildman–Crippen LogP) is 4.92. The van der Waals surface area contributed by atoms with E-state index in [4.69, 9.17) is 9.47 Å². The number of hydrogen-bond donors (Lipinski definition) is 1. The van der Waals surface area contributed by atoms with E-state index in [1.54, 1.807) is 6.21 Å². The highest BCUT2D eigenvalue weighted by Crippen LogP contribution is 2.34. The maximum atomic E-state index is 5.86. The van der Waals surface area contributed by atoms with Gasteiger partial charge in [-0.1, -0.05) is 18.2 Å². The van der Waals surface area contributed by atoms with Gasteiger partial charge in [-0.2, -0.15) is 5.10 Å². The third-order valence-corrected chi connectivity index (χ3v) is 3.67. The van der Waals surface area contributed by atoms with Gasteiger partial charge in [-0.25, -0.2) is 0 Å². The molecular formula is C18H21IN2O2. The highest BCUT2D eigenvalue weighted by Gasteiger charge is 2.13. The molecule has 0 bridgehead atoms. The standard InChI is InChI=1S/C18H21IN2O2/c1-4-22-17-11-14(10-16(19)18(17)23-13(2)3)12-20-21-15-8-6-5-7-9-15/h5-13,21H,4H2,1-3H3. The molecule has 122 valence electrons. The van der Waals surface area contributed by atoms with Gasteiger partial charge in [0, 0.05) is 0 Å². The summed E-state index contributed by atoms with van der Waals surface area (Å²) < 4.78 is 12.6. The Morgan fingerprint density at radius 1 is 1.22 bits per heavy atom. The Morgan fingerprint density at radius 2 is 1.96 bits per heavy atom. The van der Waals surface area contributed by atoms with Crippen molar-refractivity contribution >= 4 is 34.5 Å². The number of hydrazone groups is 1. The average molecular weight is 424 g/mol. The number of rotatable bonds is 7.